The highest BCUT2D eigenvalue weighted by atomic mass is 16.5. The molecule has 6 heteroatoms. The van der Waals surface area contributed by atoms with E-state index >= 15 is 0 Å². The normalized spacial score (nSPS) is 12.9. The average molecular weight is 955 g/mol. The quantitative estimate of drug-likeness (QED) is 0.0321. The van der Waals surface area contributed by atoms with Crippen LogP contribution in [0.2, 0.25) is 0 Å². The van der Waals surface area contributed by atoms with Gasteiger partial charge in [0.25, 0.3) is 0 Å². The summed E-state index contributed by atoms with van der Waals surface area (Å²) in [5.41, 5.74) is 0. The van der Waals surface area contributed by atoms with Gasteiger partial charge in [0.1, 0.15) is 0 Å². The number of nitrogens with one attached hydrogen (secondary N) is 1. The Bertz CT molecular complexity index is 1150. The number of rotatable bonds is 55. The molecule has 0 aliphatic heterocycles. The van der Waals surface area contributed by atoms with Crippen molar-refractivity contribution in [1.82, 2.24) is 5.32 Å². The van der Waals surface area contributed by atoms with Crippen molar-refractivity contribution >= 4 is 11.9 Å². The lowest BCUT2D eigenvalue weighted by Crippen LogP contribution is -2.45. The number of hydrogen-bond donors (Lipinski definition) is 3. The molecular formula is C62H115NO5. The fourth-order valence-electron chi connectivity index (χ4n) is 8.95. The third-order valence-electron chi connectivity index (χ3n) is 13.6. The number of hydrogen-bond acceptors (Lipinski definition) is 5. The van der Waals surface area contributed by atoms with Gasteiger partial charge in [0.05, 0.1) is 25.4 Å². The van der Waals surface area contributed by atoms with E-state index in [2.05, 4.69) is 55.6 Å². The SMILES string of the molecule is CCCCCC/C=C\C/C=C\CCCCCCCC(=O)OCCCCCCCCCCCCCC/C=C\CCCCCCCCCC(=O)NC(CO)C(O)/C=C/CCCCCCCCCCCC. The van der Waals surface area contributed by atoms with Crippen LogP contribution < -0.4 is 5.32 Å². The summed E-state index contributed by atoms with van der Waals surface area (Å²) < 4.78 is 5.48. The lowest BCUT2D eigenvalue weighted by Gasteiger charge is -2.20. The van der Waals surface area contributed by atoms with E-state index in [9.17, 15) is 19.8 Å². The third kappa shape index (κ3) is 53.2. The summed E-state index contributed by atoms with van der Waals surface area (Å²) in [6.45, 7) is 4.87. The van der Waals surface area contributed by atoms with Crippen LogP contribution in [0, 0.1) is 0 Å². The highest BCUT2D eigenvalue weighted by Gasteiger charge is 2.18. The van der Waals surface area contributed by atoms with Crippen LogP contribution >= 0.6 is 0 Å². The molecule has 3 N–H and O–H groups in total. The lowest BCUT2D eigenvalue weighted by molar-refractivity contribution is -0.143. The molecule has 0 saturated carbocycles. The average Bonchev–Trinajstić information content (AvgIpc) is 3.34. The molecule has 0 aromatic carbocycles. The largest absolute Gasteiger partial charge is 0.466 e. The van der Waals surface area contributed by atoms with Crippen LogP contribution in [0.5, 0.6) is 0 Å². The van der Waals surface area contributed by atoms with E-state index in [0.29, 0.717) is 19.4 Å². The van der Waals surface area contributed by atoms with Gasteiger partial charge in [0, 0.05) is 12.8 Å². The number of carbonyl (C=O) groups is 2. The van der Waals surface area contributed by atoms with Crippen molar-refractivity contribution in [1.29, 1.82) is 0 Å². The van der Waals surface area contributed by atoms with Gasteiger partial charge in [0.2, 0.25) is 5.91 Å². The Morgan fingerprint density at radius 2 is 0.735 bits per heavy atom. The number of aliphatic hydroxyl groups excluding tert-OH is 2. The van der Waals surface area contributed by atoms with Crippen molar-refractivity contribution in [3.63, 3.8) is 0 Å². The maximum Gasteiger partial charge on any atom is 0.305 e. The third-order valence-corrected chi connectivity index (χ3v) is 13.6. The van der Waals surface area contributed by atoms with Crippen LogP contribution in [-0.2, 0) is 14.3 Å². The molecule has 0 aromatic rings. The molecule has 0 aliphatic carbocycles. The van der Waals surface area contributed by atoms with Gasteiger partial charge in [-0.3, -0.25) is 9.59 Å². The molecule has 0 aliphatic rings. The van der Waals surface area contributed by atoms with Crippen LogP contribution in [0.25, 0.3) is 0 Å². The van der Waals surface area contributed by atoms with E-state index in [0.717, 1.165) is 57.8 Å². The van der Waals surface area contributed by atoms with E-state index < -0.39 is 12.1 Å². The van der Waals surface area contributed by atoms with Crippen molar-refractivity contribution in [3.05, 3.63) is 48.6 Å². The summed E-state index contributed by atoms with van der Waals surface area (Å²) in [7, 11) is 0. The van der Waals surface area contributed by atoms with Gasteiger partial charge in [-0.15, -0.1) is 0 Å². The van der Waals surface area contributed by atoms with Gasteiger partial charge in [0.15, 0.2) is 0 Å². The topological polar surface area (TPSA) is 95.9 Å². The second-order valence-corrected chi connectivity index (χ2v) is 20.3. The van der Waals surface area contributed by atoms with Crippen molar-refractivity contribution in [2.45, 2.75) is 321 Å². The molecule has 1 amide bonds. The smallest absolute Gasteiger partial charge is 0.305 e. The molecule has 0 heterocycles. The summed E-state index contributed by atoms with van der Waals surface area (Å²) in [5, 5.41) is 23.0. The number of aliphatic hydroxyl groups is 2. The molecule has 0 bridgehead atoms. The molecular weight excluding hydrogens is 839 g/mol. The molecule has 2 unspecified atom stereocenters. The first kappa shape index (κ1) is 65.8. The minimum Gasteiger partial charge on any atom is -0.466 e. The maximum atomic E-state index is 12.4. The Labute approximate surface area is 423 Å². The van der Waals surface area contributed by atoms with E-state index in [-0.39, 0.29) is 18.5 Å². The molecule has 0 rings (SSSR count). The van der Waals surface area contributed by atoms with Gasteiger partial charge in [-0.1, -0.05) is 255 Å². The maximum absolute atomic E-state index is 12.4. The summed E-state index contributed by atoms with van der Waals surface area (Å²) in [4.78, 5) is 24.5. The molecule has 2 atom stereocenters. The Morgan fingerprint density at radius 1 is 0.412 bits per heavy atom. The van der Waals surface area contributed by atoms with Crippen LogP contribution in [-0.4, -0.2) is 47.4 Å². The molecule has 0 saturated heterocycles. The number of amides is 1. The summed E-state index contributed by atoms with van der Waals surface area (Å²) in [5.74, 6) is -0.0786. The highest BCUT2D eigenvalue weighted by Crippen LogP contribution is 2.16. The number of allylic oxidation sites excluding steroid dienone is 7. The zero-order valence-corrected chi connectivity index (χ0v) is 45.3. The molecule has 68 heavy (non-hydrogen) atoms. The standard InChI is InChI=1S/C62H115NO5/c1-3-5-7-9-11-13-15-17-18-29-32-36-40-44-48-52-56-62(67)68-57-53-49-45-41-37-33-30-27-25-23-21-19-20-22-24-26-28-31-35-39-43-47-51-55-61(66)63-59(58-64)60(65)54-50-46-42-38-34-16-14-12-10-8-6-4-2/h13,15,18,22,24,29,50,54,59-60,64-65H,3-12,14,16-17,19-21,23,25-28,30-49,51-53,55-58H2,1-2H3,(H,63,66)/b15-13-,24-22-,29-18-,54-50+. The van der Waals surface area contributed by atoms with Crippen LogP contribution in [0.15, 0.2) is 48.6 Å². The first-order valence-electron chi connectivity index (χ1n) is 29.9. The van der Waals surface area contributed by atoms with Gasteiger partial charge in [-0.05, 0) is 89.9 Å². The fraction of sp³-hybridized carbons (Fsp3) is 0.839. The minimum atomic E-state index is -0.848. The predicted molar refractivity (Wildman–Crippen MR) is 296 cm³/mol. The zero-order chi connectivity index (χ0) is 49.3. The molecule has 0 aromatic heterocycles. The Balaban J connectivity index is 3.43. The number of carbonyl (C=O) groups excluding carboxylic acids is 2. The lowest BCUT2D eigenvalue weighted by atomic mass is 10.0. The van der Waals surface area contributed by atoms with Crippen molar-refractivity contribution in [3.8, 4) is 0 Å². The summed E-state index contributed by atoms with van der Waals surface area (Å²) >= 11 is 0. The Morgan fingerprint density at radius 3 is 1.15 bits per heavy atom. The van der Waals surface area contributed by atoms with Gasteiger partial charge in [-0.2, -0.15) is 0 Å². The molecule has 0 spiro atoms. The van der Waals surface area contributed by atoms with E-state index in [4.69, 9.17) is 4.74 Å². The minimum absolute atomic E-state index is 0.00303. The second-order valence-electron chi connectivity index (χ2n) is 20.3. The van der Waals surface area contributed by atoms with Crippen molar-refractivity contribution in [2.75, 3.05) is 13.2 Å². The first-order chi connectivity index (χ1) is 33.5. The van der Waals surface area contributed by atoms with Crippen LogP contribution in [0.1, 0.15) is 309 Å². The van der Waals surface area contributed by atoms with Crippen molar-refractivity contribution in [2.24, 2.45) is 0 Å². The van der Waals surface area contributed by atoms with E-state index in [1.165, 1.54) is 225 Å². The molecule has 6 nitrogen and oxygen atoms in total. The second kappa shape index (κ2) is 57.4. The van der Waals surface area contributed by atoms with Crippen LogP contribution in [0.3, 0.4) is 0 Å². The monoisotopic (exact) mass is 954 g/mol. The Hall–Kier alpha value is -2.18. The van der Waals surface area contributed by atoms with Crippen molar-refractivity contribution < 1.29 is 24.5 Å². The predicted octanol–water partition coefficient (Wildman–Crippen LogP) is 18.6. The number of ether oxygens (including phenoxy) is 1. The fourth-order valence-corrected chi connectivity index (χ4v) is 8.95. The van der Waals surface area contributed by atoms with Crippen LogP contribution in [0.4, 0.5) is 0 Å². The summed E-state index contributed by atoms with van der Waals surface area (Å²) in [6.07, 6.45) is 72.8. The Kier molecular flexibility index (Phi) is 55.6. The van der Waals surface area contributed by atoms with Gasteiger partial charge < -0.3 is 20.3 Å². The zero-order valence-electron chi connectivity index (χ0n) is 45.3. The van der Waals surface area contributed by atoms with E-state index in [1.807, 2.05) is 6.08 Å². The first-order valence-corrected chi connectivity index (χ1v) is 29.9. The molecule has 0 radical (unpaired) electrons. The molecule has 0 fully saturated rings. The summed E-state index contributed by atoms with van der Waals surface area (Å²) in [6, 6.07) is -0.632. The van der Waals surface area contributed by atoms with Gasteiger partial charge >= 0.3 is 5.97 Å². The number of esters is 1. The highest BCUT2D eigenvalue weighted by molar-refractivity contribution is 5.76. The van der Waals surface area contributed by atoms with E-state index in [1.54, 1.807) is 6.08 Å². The number of unbranched alkanes of at least 4 members (excludes halogenated alkanes) is 38. The molecule has 398 valence electrons. The van der Waals surface area contributed by atoms with Gasteiger partial charge in [-0.25, -0.2) is 0 Å².